The molecule has 0 aliphatic heterocycles. The van der Waals surface area contributed by atoms with Gasteiger partial charge in [-0.15, -0.1) is 10.2 Å². The van der Waals surface area contributed by atoms with Crippen LogP contribution in [0.5, 0.6) is 11.5 Å². The first-order valence-electron chi connectivity index (χ1n) is 10.3. The Kier molecular flexibility index (Phi) is 6.81. The highest BCUT2D eigenvalue weighted by Crippen LogP contribution is 2.33. The molecule has 0 unspecified atom stereocenters. The summed E-state index contributed by atoms with van der Waals surface area (Å²) in [6.07, 6.45) is -0.567. The van der Waals surface area contributed by atoms with E-state index in [9.17, 15) is 22.8 Å². The van der Waals surface area contributed by atoms with E-state index in [1.807, 2.05) is 0 Å². The summed E-state index contributed by atoms with van der Waals surface area (Å²) in [6.45, 7) is 0. The fourth-order valence-corrected chi connectivity index (χ4v) is 3.12. The molecular weight excluding hydrogens is 479 g/mol. The Hall–Kier alpha value is -4.94. The van der Waals surface area contributed by atoms with Gasteiger partial charge in [0, 0.05) is 25.0 Å². The number of carbonyl (C=O) groups excluding carboxylic acids is 2. The Bertz CT molecular complexity index is 1370. The molecule has 2 heterocycles. The van der Waals surface area contributed by atoms with Gasteiger partial charge in [0.2, 0.25) is 0 Å². The summed E-state index contributed by atoms with van der Waals surface area (Å²) >= 11 is 0. The lowest BCUT2D eigenvalue weighted by molar-refractivity contribution is -0.137. The minimum atomic E-state index is -4.59. The number of carbonyl (C=O) groups is 2. The molecule has 13 heteroatoms. The molecule has 4 rings (SSSR count). The highest BCUT2D eigenvalue weighted by atomic mass is 19.4. The predicted octanol–water partition coefficient (Wildman–Crippen LogP) is 4.48. The second-order valence-corrected chi connectivity index (χ2v) is 7.26. The van der Waals surface area contributed by atoms with Crippen LogP contribution in [0.4, 0.5) is 29.3 Å². The number of aromatic nitrogens is 4. The first-order valence-corrected chi connectivity index (χ1v) is 10.3. The second kappa shape index (κ2) is 10.1. The van der Waals surface area contributed by atoms with E-state index in [0.717, 1.165) is 12.1 Å². The normalized spacial score (nSPS) is 11.0. The third kappa shape index (κ3) is 5.75. The number of pyridine rings is 1. The van der Waals surface area contributed by atoms with E-state index in [0.29, 0.717) is 17.2 Å². The van der Waals surface area contributed by atoms with Crippen molar-refractivity contribution < 1.29 is 27.5 Å². The highest BCUT2D eigenvalue weighted by molar-refractivity contribution is 6.01. The van der Waals surface area contributed by atoms with Crippen molar-refractivity contribution in [1.29, 1.82) is 0 Å². The van der Waals surface area contributed by atoms with E-state index in [4.69, 9.17) is 4.74 Å². The third-order valence-electron chi connectivity index (χ3n) is 4.81. The van der Waals surface area contributed by atoms with Crippen molar-refractivity contribution in [3.8, 4) is 17.2 Å². The molecule has 0 radical (unpaired) electrons. The number of halogens is 3. The van der Waals surface area contributed by atoms with E-state index in [2.05, 4.69) is 31.1 Å². The Balaban J connectivity index is 1.46. The maximum atomic E-state index is 13.2. The molecule has 0 bridgehead atoms. The van der Waals surface area contributed by atoms with Gasteiger partial charge < -0.3 is 20.7 Å². The van der Waals surface area contributed by atoms with E-state index in [1.54, 1.807) is 30.3 Å². The van der Waals surface area contributed by atoms with Gasteiger partial charge in [0.15, 0.2) is 0 Å². The van der Waals surface area contributed by atoms with Crippen LogP contribution in [0.1, 0.15) is 16.1 Å². The Morgan fingerprint density at radius 2 is 1.64 bits per heavy atom. The van der Waals surface area contributed by atoms with Crippen LogP contribution >= 0.6 is 0 Å². The number of benzene rings is 2. The Labute approximate surface area is 202 Å². The van der Waals surface area contributed by atoms with Crippen molar-refractivity contribution in [2.75, 3.05) is 17.7 Å². The molecule has 3 N–H and O–H groups in total. The number of nitrogens with zero attached hydrogens (tertiary/aromatic N) is 4. The van der Waals surface area contributed by atoms with Gasteiger partial charge in [-0.05, 0) is 48.5 Å². The molecule has 4 aromatic rings. The lowest BCUT2D eigenvalue weighted by Gasteiger charge is -2.15. The fourth-order valence-electron chi connectivity index (χ4n) is 3.12. The van der Waals surface area contributed by atoms with Crippen LogP contribution in [0, 0.1) is 0 Å². The smallest absolute Gasteiger partial charge is 0.416 e. The maximum Gasteiger partial charge on any atom is 0.416 e. The van der Waals surface area contributed by atoms with Gasteiger partial charge in [-0.3, -0.25) is 14.3 Å². The van der Waals surface area contributed by atoms with Gasteiger partial charge >= 0.3 is 12.2 Å². The van der Waals surface area contributed by atoms with Gasteiger partial charge in [0.1, 0.15) is 29.8 Å². The zero-order valence-corrected chi connectivity index (χ0v) is 18.6. The van der Waals surface area contributed by atoms with Gasteiger partial charge in [-0.25, -0.2) is 4.79 Å². The van der Waals surface area contributed by atoms with Crippen LogP contribution in [-0.2, 0) is 6.18 Å². The average molecular weight is 497 g/mol. The molecule has 0 saturated carbocycles. The van der Waals surface area contributed by atoms with Crippen molar-refractivity contribution >= 4 is 23.3 Å². The second-order valence-electron chi connectivity index (χ2n) is 7.26. The molecule has 0 aliphatic rings. The van der Waals surface area contributed by atoms with Crippen LogP contribution in [0.3, 0.4) is 0 Å². The van der Waals surface area contributed by atoms with Crippen molar-refractivity contribution in [2.45, 2.75) is 6.18 Å². The molecular formula is C23H18F3N7O3. The molecule has 0 saturated heterocycles. The molecule has 2 aromatic heterocycles. The monoisotopic (exact) mass is 497 g/mol. The molecule has 10 nitrogen and oxygen atoms in total. The quantitative estimate of drug-likeness (QED) is 0.361. The van der Waals surface area contributed by atoms with Crippen LogP contribution < -0.4 is 20.7 Å². The lowest BCUT2D eigenvalue weighted by Crippen LogP contribution is -2.21. The Morgan fingerprint density at radius 3 is 2.31 bits per heavy atom. The van der Waals surface area contributed by atoms with E-state index in [1.165, 1.54) is 42.6 Å². The lowest BCUT2D eigenvalue weighted by atomic mass is 10.1. The van der Waals surface area contributed by atoms with Gasteiger partial charge in [-0.2, -0.15) is 13.2 Å². The van der Waals surface area contributed by atoms with Crippen LogP contribution in [0.25, 0.3) is 5.69 Å². The zero-order valence-electron chi connectivity index (χ0n) is 18.6. The van der Waals surface area contributed by atoms with Gasteiger partial charge in [-0.1, -0.05) is 0 Å². The summed E-state index contributed by atoms with van der Waals surface area (Å²) in [5.74, 6) is 0.440. The summed E-state index contributed by atoms with van der Waals surface area (Å²) < 4.78 is 46.7. The minimum absolute atomic E-state index is 0.0910. The SMILES string of the molecule is CNC(=O)c1cc(Oc2ccc(NC(=O)Nc3cc(C(F)(F)F)ccc3-n3cnnc3)cc2)ccn1. The van der Waals surface area contributed by atoms with Gasteiger partial charge in [0.25, 0.3) is 5.91 Å². The van der Waals surface area contributed by atoms with Crippen LogP contribution in [0.2, 0.25) is 0 Å². The van der Waals surface area contributed by atoms with E-state index in [-0.39, 0.29) is 23.0 Å². The number of anilines is 2. The topological polar surface area (TPSA) is 123 Å². The number of alkyl halides is 3. The van der Waals surface area contributed by atoms with Crippen molar-refractivity contribution in [1.82, 2.24) is 25.1 Å². The summed E-state index contributed by atoms with van der Waals surface area (Å²) in [4.78, 5) is 28.2. The first-order chi connectivity index (χ1) is 17.2. The van der Waals surface area contributed by atoms with Crippen LogP contribution in [0.15, 0.2) is 73.4 Å². The summed E-state index contributed by atoms with van der Waals surface area (Å²) in [6, 6.07) is 11.5. The number of ether oxygens (including phenoxy) is 1. The average Bonchev–Trinajstić information content (AvgIpc) is 3.39. The maximum absolute atomic E-state index is 13.2. The van der Waals surface area contributed by atoms with Gasteiger partial charge in [0.05, 0.1) is 16.9 Å². The molecule has 0 atom stereocenters. The van der Waals surface area contributed by atoms with Crippen molar-refractivity contribution in [2.24, 2.45) is 0 Å². The van der Waals surface area contributed by atoms with Crippen LogP contribution in [-0.4, -0.2) is 38.7 Å². The number of hydrogen-bond acceptors (Lipinski definition) is 6. The summed E-state index contributed by atoms with van der Waals surface area (Å²) in [5, 5.41) is 14.7. The fraction of sp³-hybridized carbons (Fsp3) is 0.0870. The number of urea groups is 1. The third-order valence-corrected chi connectivity index (χ3v) is 4.81. The standard InChI is InChI=1S/C23H18F3N7O3/c1-27-21(34)19-11-17(8-9-28-19)36-16-5-3-15(4-6-16)31-22(35)32-18-10-14(23(24,25)26)2-7-20(18)33-12-29-30-13-33/h2-13H,1H3,(H,27,34)(H2,31,32,35). The molecule has 0 spiro atoms. The van der Waals surface area contributed by atoms with Crippen molar-refractivity contribution in [3.63, 3.8) is 0 Å². The first kappa shape index (κ1) is 24.2. The molecule has 184 valence electrons. The van der Waals surface area contributed by atoms with E-state index < -0.39 is 17.8 Å². The molecule has 3 amide bonds. The summed E-state index contributed by atoms with van der Waals surface area (Å²) in [7, 11) is 1.49. The van der Waals surface area contributed by atoms with Crippen molar-refractivity contribution in [3.05, 3.63) is 84.7 Å². The molecule has 0 fully saturated rings. The summed E-state index contributed by atoms with van der Waals surface area (Å²) in [5.41, 5.74) is -0.220. The molecule has 36 heavy (non-hydrogen) atoms. The molecule has 0 aliphatic carbocycles. The zero-order chi connectivity index (χ0) is 25.7. The van der Waals surface area contributed by atoms with E-state index >= 15 is 0 Å². The number of amides is 3. The highest BCUT2D eigenvalue weighted by Gasteiger charge is 2.31. The number of hydrogen-bond donors (Lipinski definition) is 3. The number of rotatable bonds is 6. The Morgan fingerprint density at radius 1 is 0.917 bits per heavy atom. The number of nitrogens with one attached hydrogen (secondary N) is 3. The predicted molar refractivity (Wildman–Crippen MR) is 123 cm³/mol. The molecule has 2 aromatic carbocycles. The largest absolute Gasteiger partial charge is 0.457 e. The minimum Gasteiger partial charge on any atom is -0.457 e.